The fourth-order valence-electron chi connectivity index (χ4n) is 2.52. The molecule has 0 aliphatic heterocycles. The van der Waals surface area contributed by atoms with Gasteiger partial charge < -0.3 is 20.1 Å². The summed E-state index contributed by atoms with van der Waals surface area (Å²) >= 11 is 0. The summed E-state index contributed by atoms with van der Waals surface area (Å²) in [5.41, 5.74) is 1.78. The van der Waals surface area contributed by atoms with Crippen LogP contribution >= 0.6 is 24.0 Å². The van der Waals surface area contributed by atoms with Crippen molar-refractivity contribution in [2.45, 2.75) is 26.1 Å². The van der Waals surface area contributed by atoms with Crippen molar-refractivity contribution in [3.8, 4) is 11.6 Å². The molecule has 166 valence electrons. The molecule has 0 bridgehead atoms. The van der Waals surface area contributed by atoms with E-state index >= 15 is 0 Å². The highest BCUT2D eigenvalue weighted by Crippen LogP contribution is 2.18. The largest absolute Gasteiger partial charge is 0.496 e. The van der Waals surface area contributed by atoms with Crippen LogP contribution in [-0.2, 0) is 13.0 Å². The van der Waals surface area contributed by atoms with Gasteiger partial charge in [0, 0.05) is 25.4 Å². The minimum atomic E-state index is -4.40. The number of hydrogen-bond donors (Lipinski definition) is 2. The lowest BCUT2D eigenvalue weighted by Crippen LogP contribution is -2.38. The zero-order valence-corrected chi connectivity index (χ0v) is 19.2. The standard InChI is InChI=1S/C20H25F3N4O2.HI/c1-3-24-19(26-11-9-16-6-4-5-7-17(16)28-2)27-13-15-8-10-25-18(12-15)29-14-20(21,22)23;/h4-8,10,12H,3,9,11,13-14H2,1-2H3,(H2,24,26,27);1H. The van der Waals surface area contributed by atoms with Crippen LogP contribution in [0, 0.1) is 0 Å². The number of para-hydroxylation sites is 1. The molecule has 0 saturated heterocycles. The zero-order valence-electron chi connectivity index (χ0n) is 16.8. The summed E-state index contributed by atoms with van der Waals surface area (Å²) in [6.45, 7) is 2.17. The SMILES string of the molecule is CCNC(=NCc1ccnc(OCC(F)(F)F)c1)NCCc1ccccc1OC.I. The molecule has 0 atom stereocenters. The van der Waals surface area contributed by atoms with E-state index < -0.39 is 12.8 Å². The monoisotopic (exact) mass is 538 g/mol. The molecule has 0 aliphatic carbocycles. The van der Waals surface area contributed by atoms with Crippen molar-refractivity contribution in [1.29, 1.82) is 0 Å². The predicted octanol–water partition coefficient (Wildman–Crippen LogP) is 3.95. The highest BCUT2D eigenvalue weighted by atomic mass is 127. The molecule has 2 aromatic rings. The van der Waals surface area contributed by atoms with Gasteiger partial charge in [0.2, 0.25) is 5.88 Å². The number of nitrogens with one attached hydrogen (secondary N) is 2. The van der Waals surface area contributed by atoms with Gasteiger partial charge in [-0.2, -0.15) is 13.2 Å². The first kappa shape index (κ1) is 25.8. The molecular formula is C20H26F3IN4O2. The summed E-state index contributed by atoms with van der Waals surface area (Å²) in [6, 6.07) is 10.9. The number of rotatable bonds is 9. The van der Waals surface area contributed by atoms with Crippen molar-refractivity contribution in [3.63, 3.8) is 0 Å². The molecule has 0 spiro atoms. The van der Waals surface area contributed by atoms with Crippen LogP contribution in [0.25, 0.3) is 0 Å². The van der Waals surface area contributed by atoms with E-state index in [0.717, 1.165) is 17.7 Å². The molecule has 1 heterocycles. The van der Waals surface area contributed by atoms with Crippen LogP contribution in [0.2, 0.25) is 0 Å². The van der Waals surface area contributed by atoms with E-state index in [1.807, 2.05) is 31.2 Å². The highest BCUT2D eigenvalue weighted by molar-refractivity contribution is 14.0. The smallest absolute Gasteiger partial charge is 0.422 e. The van der Waals surface area contributed by atoms with E-state index in [1.54, 1.807) is 13.2 Å². The molecule has 1 aromatic carbocycles. The van der Waals surface area contributed by atoms with Crippen molar-refractivity contribution < 1.29 is 22.6 Å². The number of methoxy groups -OCH3 is 1. The Morgan fingerprint density at radius 1 is 1.17 bits per heavy atom. The van der Waals surface area contributed by atoms with Crippen LogP contribution in [0.3, 0.4) is 0 Å². The molecule has 2 N–H and O–H groups in total. The molecule has 1 aromatic heterocycles. The van der Waals surface area contributed by atoms with Crippen LogP contribution in [0.1, 0.15) is 18.1 Å². The predicted molar refractivity (Wildman–Crippen MR) is 121 cm³/mol. The topological polar surface area (TPSA) is 67.8 Å². The number of benzene rings is 1. The Kier molecular flexibility index (Phi) is 11.3. The first-order valence-electron chi connectivity index (χ1n) is 9.20. The third kappa shape index (κ3) is 9.51. The van der Waals surface area contributed by atoms with E-state index in [0.29, 0.717) is 24.6 Å². The lowest BCUT2D eigenvalue weighted by atomic mass is 10.1. The molecule has 2 rings (SSSR count). The number of pyridine rings is 1. The number of nitrogens with zero attached hydrogens (tertiary/aromatic N) is 2. The minimum Gasteiger partial charge on any atom is -0.496 e. The minimum absolute atomic E-state index is 0. The van der Waals surface area contributed by atoms with E-state index in [1.165, 1.54) is 12.3 Å². The number of aromatic nitrogens is 1. The second-order valence-electron chi connectivity index (χ2n) is 6.09. The summed E-state index contributed by atoms with van der Waals surface area (Å²) < 4.78 is 46.8. The number of aliphatic imine (C=N–C) groups is 1. The van der Waals surface area contributed by atoms with Gasteiger partial charge in [-0.25, -0.2) is 9.98 Å². The molecule has 0 radical (unpaired) electrons. The average molecular weight is 538 g/mol. The van der Waals surface area contributed by atoms with Crippen molar-refractivity contribution >= 4 is 29.9 Å². The molecule has 0 fully saturated rings. The van der Waals surface area contributed by atoms with Gasteiger partial charge in [-0.15, -0.1) is 24.0 Å². The Labute approximate surface area is 191 Å². The Balaban J connectivity index is 0.00000450. The Hall–Kier alpha value is -2.24. The van der Waals surface area contributed by atoms with Crippen LogP contribution in [0.5, 0.6) is 11.6 Å². The van der Waals surface area contributed by atoms with Gasteiger partial charge in [0.25, 0.3) is 0 Å². The van der Waals surface area contributed by atoms with Crippen LogP contribution in [-0.4, -0.2) is 43.9 Å². The Bertz CT molecular complexity index is 804. The summed E-state index contributed by atoms with van der Waals surface area (Å²) in [5.74, 6) is 1.36. The van der Waals surface area contributed by atoms with Crippen molar-refractivity contribution in [2.75, 3.05) is 26.8 Å². The third-order valence-corrected chi connectivity index (χ3v) is 3.83. The summed E-state index contributed by atoms with van der Waals surface area (Å²) in [5, 5.41) is 6.38. The average Bonchev–Trinajstić information content (AvgIpc) is 2.70. The Morgan fingerprint density at radius 3 is 2.63 bits per heavy atom. The summed E-state index contributed by atoms with van der Waals surface area (Å²) in [6.07, 6.45) is -2.25. The van der Waals surface area contributed by atoms with E-state index in [4.69, 9.17) is 4.74 Å². The number of hydrogen-bond acceptors (Lipinski definition) is 4. The quantitative estimate of drug-likeness (QED) is 0.288. The van der Waals surface area contributed by atoms with Crippen LogP contribution in [0.4, 0.5) is 13.2 Å². The molecular weight excluding hydrogens is 512 g/mol. The maximum atomic E-state index is 12.3. The first-order valence-corrected chi connectivity index (χ1v) is 9.20. The number of alkyl halides is 3. The number of ether oxygens (including phenoxy) is 2. The third-order valence-electron chi connectivity index (χ3n) is 3.83. The lowest BCUT2D eigenvalue weighted by Gasteiger charge is -2.13. The molecule has 0 amide bonds. The molecule has 0 unspecified atom stereocenters. The van der Waals surface area contributed by atoms with E-state index in [-0.39, 0.29) is 36.4 Å². The van der Waals surface area contributed by atoms with E-state index in [2.05, 4.69) is 25.3 Å². The Morgan fingerprint density at radius 2 is 1.93 bits per heavy atom. The fraction of sp³-hybridized carbons (Fsp3) is 0.400. The van der Waals surface area contributed by atoms with E-state index in [9.17, 15) is 13.2 Å². The van der Waals surface area contributed by atoms with Crippen LogP contribution in [0.15, 0.2) is 47.6 Å². The van der Waals surface area contributed by atoms with Gasteiger partial charge in [-0.1, -0.05) is 18.2 Å². The molecule has 30 heavy (non-hydrogen) atoms. The zero-order chi connectivity index (χ0) is 21.1. The van der Waals surface area contributed by atoms with Gasteiger partial charge in [0.15, 0.2) is 12.6 Å². The van der Waals surface area contributed by atoms with Gasteiger partial charge >= 0.3 is 6.18 Å². The van der Waals surface area contributed by atoms with Crippen molar-refractivity contribution in [1.82, 2.24) is 15.6 Å². The number of halogens is 4. The van der Waals surface area contributed by atoms with Gasteiger partial charge in [0.05, 0.1) is 13.7 Å². The lowest BCUT2D eigenvalue weighted by molar-refractivity contribution is -0.154. The fourth-order valence-corrected chi connectivity index (χ4v) is 2.52. The summed E-state index contributed by atoms with van der Waals surface area (Å²) in [4.78, 5) is 8.26. The van der Waals surface area contributed by atoms with Gasteiger partial charge in [-0.05, 0) is 36.6 Å². The molecule has 10 heteroatoms. The van der Waals surface area contributed by atoms with Crippen molar-refractivity contribution in [2.24, 2.45) is 4.99 Å². The summed E-state index contributed by atoms with van der Waals surface area (Å²) in [7, 11) is 1.64. The second kappa shape index (κ2) is 13.1. The highest BCUT2D eigenvalue weighted by Gasteiger charge is 2.28. The van der Waals surface area contributed by atoms with Crippen molar-refractivity contribution in [3.05, 3.63) is 53.7 Å². The first-order chi connectivity index (χ1) is 13.9. The molecule has 0 saturated carbocycles. The maximum Gasteiger partial charge on any atom is 0.422 e. The second-order valence-corrected chi connectivity index (χ2v) is 6.09. The normalized spacial score (nSPS) is 11.4. The maximum absolute atomic E-state index is 12.3. The molecule has 6 nitrogen and oxygen atoms in total. The molecule has 0 aliphatic rings. The van der Waals surface area contributed by atoms with Crippen LogP contribution < -0.4 is 20.1 Å². The number of guanidine groups is 1. The van der Waals surface area contributed by atoms with Gasteiger partial charge in [-0.3, -0.25) is 0 Å². The van der Waals surface area contributed by atoms with Gasteiger partial charge in [0.1, 0.15) is 5.75 Å².